The number of pyridine rings is 1. The number of amides is 1. The van der Waals surface area contributed by atoms with Gasteiger partial charge in [-0.05, 0) is 13.0 Å². The van der Waals surface area contributed by atoms with Crippen LogP contribution in [0.5, 0.6) is 0 Å². The van der Waals surface area contributed by atoms with Gasteiger partial charge in [0.25, 0.3) is 5.91 Å². The summed E-state index contributed by atoms with van der Waals surface area (Å²) >= 11 is 0. The second-order valence-electron chi connectivity index (χ2n) is 4.15. The number of rotatable bonds is 3. The SMILES string of the molecule is CC(CO)NC(=O)c1cc(=O)[nH]c2ccccc12. The third-order valence-electron chi connectivity index (χ3n) is 2.65. The molecule has 18 heavy (non-hydrogen) atoms. The van der Waals surface area contributed by atoms with Crippen LogP contribution in [0.3, 0.4) is 0 Å². The molecule has 94 valence electrons. The molecular formula is C13H14N2O3. The van der Waals surface area contributed by atoms with Crippen LogP contribution in [-0.4, -0.2) is 28.6 Å². The van der Waals surface area contributed by atoms with Gasteiger partial charge in [0.1, 0.15) is 0 Å². The van der Waals surface area contributed by atoms with Crippen LogP contribution in [0.25, 0.3) is 10.9 Å². The van der Waals surface area contributed by atoms with Gasteiger partial charge < -0.3 is 15.4 Å². The van der Waals surface area contributed by atoms with Crippen LogP contribution in [0, 0.1) is 0 Å². The van der Waals surface area contributed by atoms with E-state index in [-0.39, 0.29) is 24.1 Å². The van der Waals surface area contributed by atoms with E-state index in [4.69, 9.17) is 5.11 Å². The summed E-state index contributed by atoms with van der Waals surface area (Å²) < 4.78 is 0. The van der Waals surface area contributed by atoms with E-state index < -0.39 is 0 Å². The average Bonchev–Trinajstić information content (AvgIpc) is 2.37. The lowest BCUT2D eigenvalue weighted by atomic mass is 10.1. The van der Waals surface area contributed by atoms with E-state index in [9.17, 15) is 9.59 Å². The topological polar surface area (TPSA) is 82.2 Å². The molecule has 1 aromatic heterocycles. The highest BCUT2D eigenvalue weighted by Crippen LogP contribution is 2.14. The van der Waals surface area contributed by atoms with Crippen molar-refractivity contribution in [3.8, 4) is 0 Å². The Morgan fingerprint density at radius 1 is 1.44 bits per heavy atom. The molecule has 0 saturated heterocycles. The van der Waals surface area contributed by atoms with Crippen molar-refractivity contribution in [2.75, 3.05) is 6.61 Å². The molecule has 5 nitrogen and oxygen atoms in total. The number of hydrogen-bond acceptors (Lipinski definition) is 3. The molecule has 0 fully saturated rings. The summed E-state index contributed by atoms with van der Waals surface area (Å²) in [6.07, 6.45) is 0. The summed E-state index contributed by atoms with van der Waals surface area (Å²) in [4.78, 5) is 26.2. The number of para-hydroxylation sites is 1. The van der Waals surface area contributed by atoms with E-state index in [1.807, 2.05) is 0 Å². The molecule has 0 aliphatic carbocycles. The quantitative estimate of drug-likeness (QED) is 0.743. The molecule has 0 spiro atoms. The van der Waals surface area contributed by atoms with E-state index >= 15 is 0 Å². The minimum atomic E-state index is -0.362. The van der Waals surface area contributed by atoms with Crippen LogP contribution in [-0.2, 0) is 0 Å². The van der Waals surface area contributed by atoms with Gasteiger partial charge >= 0.3 is 0 Å². The largest absolute Gasteiger partial charge is 0.394 e. The minimum Gasteiger partial charge on any atom is -0.394 e. The van der Waals surface area contributed by atoms with Gasteiger partial charge in [0, 0.05) is 23.0 Å². The minimum absolute atomic E-state index is 0.146. The monoisotopic (exact) mass is 246 g/mol. The molecule has 5 heteroatoms. The molecule has 2 rings (SSSR count). The summed E-state index contributed by atoms with van der Waals surface area (Å²) in [5.41, 5.74) is 0.608. The molecule has 2 aromatic rings. The highest BCUT2D eigenvalue weighted by atomic mass is 16.3. The summed E-state index contributed by atoms with van der Waals surface area (Å²) in [6.45, 7) is 1.54. The number of benzene rings is 1. The van der Waals surface area contributed by atoms with E-state index in [0.717, 1.165) is 0 Å². The van der Waals surface area contributed by atoms with Crippen molar-refractivity contribution in [2.45, 2.75) is 13.0 Å². The van der Waals surface area contributed by atoms with Crippen LogP contribution in [0.4, 0.5) is 0 Å². The summed E-state index contributed by atoms with van der Waals surface area (Å²) in [6, 6.07) is 8.01. The van der Waals surface area contributed by atoms with Gasteiger partial charge in [-0.2, -0.15) is 0 Å². The van der Waals surface area contributed by atoms with E-state index in [2.05, 4.69) is 10.3 Å². The fourth-order valence-electron chi connectivity index (χ4n) is 1.74. The number of hydrogen-bond donors (Lipinski definition) is 3. The molecule has 1 amide bonds. The Morgan fingerprint density at radius 3 is 2.89 bits per heavy atom. The maximum Gasteiger partial charge on any atom is 0.252 e. The van der Waals surface area contributed by atoms with Crippen LogP contribution in [0.15, 0.2) is 35.1 Å². The average molecular weight is 246 g/mol. The third kappa shape index (κ3) is 2.41. The van der Waals surface area contributed by atoms with Crippen molar-refractivity contribution in [3.05, 3.63) is 46.2 Å². The smallest absolute Gasteiger partial charge is 0.252 e. The normalized spacial score (nSPS) is 12.3. The summed E-state index contributed by atoms with van der Waals surface area (Å²) in [7, 11) is 0. The molecular weight excluding hydrogens is 232 g/mol. The standard InChI is InChI=1S/C13H14N2O3/c1-8(7-16)14-13(18)10-6-12(17)15-11-5-3-2-4-9(10)11/h2-6,8,16H,7H2,1H3,(H,14,18)(H,15,17). The number of aliphatic hydroxyl groups is 1. The number of fused-ring (bicyclic) bond motifs is 1. The highest BCUT2D eigenvalue weighted by Gasteiger charge is 2.13. The zero-order chi connectivity index (χ0) is 13.1. The van der Waals surface area contributed by atoms with Crippen molar-refractivity contribution < 1.29 is 9.90 Å². The van der Waals surface area contributed by atoms with Crippen LogP contribution in [0.1, 0.15) is 17.3 Å². The Bertz CT molecular complexity index is 633. The van der Waals surface area contributed by atoms with Crippen molar-refractivity contribution in [1.29, 1.82) is 0 Å². The number of nitrogens with one attached hydrogen (secondary N) is 2. The maximum atomic E-state index is 12.0. The Kier molecular flexibility index (Phi) is 3.43. The van der Waals surface area contributed by atoms with E-state index in [1.54, 1.807) is 31.2 Å². The summed E-state index contributed by atoms with van der Waals surface area (Å²) in [5, 5.41) is 12.2. The van der Waals surface area contributed by atoms with Gasteiger partial charge in [-0.3, -0.25) is 9.59 Å². The molecule has 0 radical (unpaired) electrons. The van der Waals surface area contributed by atoms with Crippen molar-refractivity contribution >= 4 is 16.8 Å². The fourth-order valence-corrected chi connectivity index (χ4v) is 1.74. The molecule has 1 heterocycles. The molecule has 1 unspecified atom stereocenters. The number of carbonyl (C=O) groups excluding carboxylic acids is 1. The Balaban J connectivity index is 2.50. The number of carbonyl (C=O) groups is 1. The van der Waals surface area contributed by atoms with Crippen molar-refractivity contribution in [1.82, 2.24) is 10.3 Å². The molecule has 1 atom stereocenters. The first-order chi connectivity index (χ1) is 8.61. The number of H-pyrrole nitrogens is 1. The predicted molar refractivity (Wildman–Crippen MR) is 68.6 cm³/mol. The lowest BCUT2D eigenvalue weighted by Crippen LogP contribution is -2.35. The first-order valence-corrected chi connectivity index (χ1v) is 5.65. The van der Waals surface area contributed by atoms with Crippen LogP contribution < -0.4 is 10.9 Å². The number of aromatic nitrogens is 1. The fraction of sp³-hybridized carbons (Fsp3) is 0.231. The second-order valence-corrected chi connectivity index (χ2v) is 4.15. The second kappa shape index (κ2) is 5.01. The van der Waals surface area contributed by atoms with Gasteiger partial charge in [-0.1, -0.05) is 18.2 Å². The molecule has 0 bridgehead atoms. The lowest BCUT2D eigenvalue weighted by molar-refractivity contribution is 0.0924. The molecule has 0 aliphatic heterocycles. The zero-order valence-corrected chi connectivity index (χ0v) is 9.93. The Morgan fingerprint density at radius 2 is 2.17 bits per heavy atom. The van der Waals surface area contributed by atoms with E-state index in [0.29, 0.717) is 16.5 Å². The van der Waals surface area contributed by atoms with Crippen molar-refractivity contribution in [2.24, 2.45) is 0 Å². The molecule has 1 aromatic carbocycles. The number of aromatic amines is 1. The van der Waals surface area contributed by atoms with E-state index in [1.165, 1.54) is 6.07 Å². The molecule has 3 N–H and O–H groups in total. The molecule has 0 saturated carbocycles. The summed E-state index contributed by atoms with van der Waals surface area (Å²) in [5.74, 6) is -0.362. The van der Waals surface area contributed by atoms with Gasteiger partial charge in [0.05, 0.1) is 12.2 Å². The zero-order valence-electron chi connectivity index (χ0n) is 9.93. The molecule has 0 aliphatic rings. The van der Waals surface area contributed by atoms with Gasteiger partial charge in [-0.25, -0.2) is 0 Å². The maximum absolute atomic E-state index is 12.0. The van der Waals surface area contributed by atoms with Gasteiger partial charge in [-0.15, -0.1) is 0 Å². The highest BCUT2D eigenvalue weighted by molar-refractivity contribution is 6.06. The number of aliphatic hydroxyl groups excluding tert-OH is 1. The first-order valence-electron chi connectivity index (χ1n) is 5.65. The third-order valence-corrected chi connectivity index (χ3v) is 2.65. The lowest BCUT2D eigenvalue weighted by Gasteiger charge is -2.11. The van der Waals surface area contributed by atoms with Gasteiger partial charge in [0.15, 0.2) is 0 Å². The Labute approximate surface area is 103 Å². The van der Waals surface area contributed by atoms with Crippen molar-refractivity contribution in [3.63, 3.8) is 0 Å². The Hall–Kier alpha value is -2.14. The predicted octanol–water partition coefficient (Wildman–Crippen LogP) is 0.639. The van der Waals surface area contributed by atoms with Crippen LogP contribution >= 0.6 is 0 Å². The van der Waals surface area contributed by atoms with Gasteiger partial charge in [0.2, 0.25) is 5.56 Å². The first kappa shape index (κ1) is 12.3. The van der Waals surface area contributed by atoms with Crippen LogP contribution in [0.2, 0.25) is 0 Å².